The van der Waals surface area contributed by atoms with Gasteiger partial charge < -0.3 is 15.7 Å². The first-order chi connectivity index (χ1) is 13.8. The molecule has 0 saturated carbocycles. The molecule has 0 fully saturated rings. The summed E-state index contributed by atoms with van der Waals surface area (Å²) >= 11 is 0. The fourth-order valence-corrected chi connectivity index (χ4v) is 2.79. The quantitative estimate of drug-likeness (QED) is 0.624. The molecular formula is C21H20FN3O4. The molecule has 2 aromatic rings. The standard InChI is InChI=1S/C21H20FN3O4/c1-13(26)24-18(10-14-5-7-17(22)8-6-14)20(27)25-19(21(28)29)11-15-3-2-4-16(9-15)12-23/h2-9,18-19H,10-11H2,1H3,(H,24,26)(H,25,27)(H,28,29)/t18-,19-/m0/s1. The summed E-state index contributed by atoms with van der Waals surface area (Å²) in [5.41, 5.74) is 1.56. The van der Waals surface area contributed by atoms with Crippen molar-refractivity contribution in [1.82, 2.24) is 10.6 Å². The van der Waals surface area contributed by atoms with E-state index in [4.69, 9.17) is 5.26 Å². The summed E-state index contributed by atoms with van der Waals surface area (Å²) in [6, 6.07) is 11.6. The van der Waals surface area contributed by atoms with Crippen molar-refractivity contribution in [2.75, 3.05) is 0 Å². The van der Waals surface area contributed by atoms with Gasteiger partial charge in [-0.25, -0.2) is 9.18 Å². The Morgan fingerprint density at radius 3 is 2.28 bits per heavy atom. The SMILES string of the molecule is CC(=O)N[C@@H](Cc1ccc(F)cc1)C(=O)N[C@@H](Cc1cccc(C#N)c1)C(=O)O. The highest BCUT2D eigenvalue weighted by atomic mass is 19.1. The van der Waals surface area contributed by atoms with Gasteiger partial charge in [0.25, 0.3) is 0 Å². The smallest absolute Gasteiger partial charge is 0.326 e. The van der Waals surface area contributed by atoms with Gasteiger partial charge in [0.15, 0.2) is 0 Å². The lowest BCUT2D eigenvalue weighted by atomic mass is 10.0. The summed E-state index contributed by atoms with van der Waals surface area (Å²) in [5, 5.41) is 23.4. The van der Waals surface area contributed by atoms with Gasteiger partial charge in [-0.15, -0.1) is 0 Å². The number of hydrogen-bond donors (Lipinski definition) is 3. The average Bonchev–Trinajstić information content (AvgIpc) is 2.68. The molecule has 0 aliphatic carbocycles. The Morgan fingerprint density at radius 1 is 1.03 bits per heavy atom. The van der Waals surface area contributed by atoms with E-state index in [1.54, 1.807) is 24.3 Å². The van der Waals surface area contributed by atoms with E-state index >= 15 is 0 Å². The van der Waals surface area contributed by atoms with Crippen LogP contribution >= 0.6 is 0 Å². The molecule has 150 valence electrons. The Kier molecular flexibility index (Phi) is 7.43. The van der Waals surface area contributed by atoms with Crippen LogP contribution in [0.25, 0.3) is 0 Å². The van der Waals surface area contributed by atoms with Crippen molar-refractivity contribution in [3.8, 4) is 6.07 Å². The lowest BCUT2D eigenvalue weighted by Gasteiger charge is -2.21. The number of amides is 2. The van der Waals surface area contributed by atoms with Gasteiger partial charge in [-0.3, -0.25) is 9.59 Å². The van der Waals surface area contributed by atoms with Gasteiger partial charge in [-0.1, -0.05) is 24.3 Å². The van der Waals surface area contributed by atoms with Gasteiger partial charge in [-0.2, -0.15) is 5.26 Å². The van der Waals surface area contributed by atoms with E-state index in [1.165, 1.54) is 31.2 Å². The molecule has 0 saturated heterocycles. The maximum atomic E-state index is 13.1. The van der Waals surface area contributed by atoms with Crippen molar-refractivity contribution in [2.45, 2.75) is 31.8 Å². The predicted octanol–water partition coefficient (Wildman–Crippen LogP) is 1.56. The number of halogens is 1. The number of rotatable bonds is 8. The second-order valence-corrected chi connectivity index (χ2v) is 6.50. The van der Waals surface area contributed by atoms with Crippen molar-refractivity contribution >= 4 is 17.8 Å². The largest absolute Gasteiger partial charge is 0.480 e. The second-order valence-electron chi connectivity index (χ2n) is 6.50. The van der Waals surface area contributed by atoms with Gasteiger partial charge in [0, 0.05) is 19.8 Å². The summed E-state index contributed by atoms with van der Waals surface area (Å²) < 4.78 is 13.1. The predicted molar refractivity (Wildman–Crippen MR) is 102 cm³/mol. The van der Waals surface area contributed by atoms with Crippen LogP contribution in [-0.2, 0) is 27.2 Å². The third kappa shape index (κ3) is 6.74. The summed E-state index contributed by atoms with van der Waals surface area (Å²) in [6.07, 6.45) is 0.0435. The Labute approximate surface area is 167 Å². The van der Waals surface area contributed by atoms with Crippen LogP contribution in [0.3, 0.4) is 0 Å². The number of carboxylic acids is 1. The molecule has 2 atom stereocenters. The molecular weight excluding hydrogens is 377 g/mol. The van der Waals surface area contributed by atoms with Crippen molar-refractivity contribution in [3.63, 3.8) is 0 Å². The van der Waals surface area contributed by atoms with Crippen LogP contribution in [0.5, 0.6) is 0 Å². The maximum Gasteiger partial charge on any atom is 0.326 e. The molecule has 0 aliphatic heterocycles. The van der Waals surface area contributed by atoms with Crippen LogP contribution in [-0.4, -0.2) is 35.0 Å². The molecule has 0 spiro atoms. The third-order valence-corrected chi connectivity index (χ3v) is 4.16. The Hall–Kier alpha value is -3.73. The molecule has 7 nitrogen and oxygen atoms in total. The van der Waals surface area contributed by atoms with E-state index in [1.807, 2.05) is 6.07 Å². The van der Waals surface area contributed by atoms with Crippen molar-refractivity contribution in [2.24, 2.45) is 0 Å². The molecule has 3 N–H and O–H groups in total. The molecule has 0 radical (unpaired) electrons. The highest BCUT2D eigenvalue weighted by Crippen LogP contribution is 2.10. The number of nitriles is 1. The van der Waals surface area contributed by atoms with E-state index in [-0.39, 0.29) is 12.8 Å². The number of hydrogen-bond acceptors (Lipinski definition) is 4. The Morgan fingerprint density at radius 2 is 1.69 bits per heavy atom. The van der Waals surface area contributed by atoms with Crippen molar-refractivity contribution in [1.29, 1.82) is 5.26 Å². The zero-order valence-corrected chi connectivity index (χ0v) is 15.7. The Bertz CT molecular complexity index is 938. The second kappa shape index (κ2) is 9.99. The number of nitrogens with zero attached hydrogens (tertiary/aromatic N) is 1. The number of carboxylic acid groups (broad SMARTS) is 1. The average molecular weight is 397 g/mol. The molecule has 2 aromatic carbocycles. The van der Waals surface area contributed by atoms with Crippen LogP contribution in [0.2, 0.25) is 0 Å². The first-order valence-corrected chi connectivity index (χ1v) is 8.82. The van der Waals surface area contributed by atoms with Crippen LogP contribution in [0.1, 0.15) is 23.6 Å². The lowest BCUT2D eigenvalue weighted by molar-refractivity contribution is -0.142. The molecule has 0 aromatic heterocycles. The highest BCUT2D eigenvalue weighted by Gasteiger charge is 2.26. The summed E-state index contributed by atoms with van der Waals surface area (Å²) in [5.74, 6) is -2.81. The maximum absolute atomic E-state index is 13.1. The van der Waals surface area contributed by atoms with E-state index in [0.717, 1.165) is 0 Å². The minimum Gasteiger partial charge on any atom is -0.480 e. The molecule has 0 bridgehead atoms. The zero-order chi connectivity index (χ0) is 21.4. The van der Waals surface area contributed by atoms with Gasteiger partial charge in [0.05, 0.1) is 11.6 Å². The fraction of sp³-hybridized carbons (Fsp3) is 0.238. The normalized spacial score (nSPS) is 12.3. The fourth-order valence-electron chi connectivity index (χ4n) is 2.79. The van der Waals surface area contributed by atoms with E-state index < -0.39 is 35.7 Å². The molecule has 29 heavy (non-hydrogen) atoms. The van der Waals surface area contributed by atoms with Crippen LogP contribution in [0.15, 0.2) is 48.5 Å². The number of carbonyl (C=O) groups excluding carboxylic acids is 2. The number of nitrogens with one attached hydrogen (secondary N) is 2. The topological polar surface area (TPSA) is 119 Å². The minimum absolute atomic E-state index is 0.0278. The first kappa shape index (κ1) is 21.6. The molecule has 2 rings (SSSR count). The highest BCUT2D eigenvalue weighted by molar-refractivity contribution is 5.90. The van der Waals surface area contributed by atoms with Crippen molar-refractivity contribution in [3.05, 3.63) is 71.0 Å². The van der Waals surface area contributed by atoms with Crippen molar-refractivity contribution < 1.29 is 23.9 Å². The summed E-state index contributed by atoms with van der Waals surface area (Å²) in [4.78, 5) is 35.8. The zero-order valence-electron chi connectivity index (χ0n) is 15.7. The molecule has 2 amide bonds. The molecule has 0 heterocycles. The van der Waals surface area contributed by atoms with Gasteiger partial charge >= 0.3 is 5.97 Å². The van der Waals surface area contributed by atoms with E-state index in [0.29, 0.717) is 16.7 Å². The number of benzene rings is 2. The number of carbonyl (C=O) groups is 3. The van der Waals surface area contributed by atoms with Gasteiger partial charge in [-0.05, 0) is 35.4 Å². The molecule has 8 heteroatoms. The monoisotopic (exact) mass is 397 g/mol. The number of aliphatic carboxylic acids is 1. The summed E-state index contributed by atoms with van der Waals surface area (Å²) in [6.45, 7) is 1.24. The lowest BCUT2D eigenvalue weighted by Crippen LogP contribution is -2.52. The van der Waals surface area contributed by atoms with E-state index in [2.05, 4.69) is 10.6 Å². The van der Waals surface area contributed by atoms with Crippen LogP contribution in [0.4, 0.5) is 4.39 Å². The van der Waals surface area contributed by atoms with Crippen LogP contribution in [0, 0.1) is 17.1 Å². The van der Waals surface area contributed by atoms with E-state index in [9.17, 15) is 23.9 Å². The summed E-state index contributed by atoms with van der Waals surface area (Å²) in [7, 11) is 0. The molecule has 0 aliphatic rings. The van der Waals surface area contributed by atoms with Gasteiger partial charge in [0.2, 0.25) is 11.8 Å². The first-order valence-electron chi connectivity index (χ1n) is 8.82. The van der Waals surface area contributed by atoms with Crippen LogP contribution < -0.4 is 10.6 Å². The van der Waals surface area contributed by atoms with Gasteiger partial charge in [0.1, 0.15) is 17.9 Å². The minimum atomic E-state index is -1.25. The third-order valence-electron chi connectivity index (χ3n) is 4.16. The molecule has 0 unspecified atom stereocenters. The Balaban J connectivity index is 2.14.